The number of rotatable bonds is 15. The van der Waals surface area contributed by atoms with Gasteiger partial charge in [0.1, 0.15) is 17.5 Å². The van der Waals surface area contributed by atoms with Crippen molar-refractivity contribution in [2.24, 2.45) is 0 Å². The van der Waals surface area contributed by atoms with Gasteiger partial charge in [0.25, 0.3) is 10.1 Å². The van der Waals surface area contributed by atoms with Gasteiger partial charge in [0, 0.05) is 6.42 Å². The highest BCUT2D eigenvalue weighted by molar-refractivity contribution is 7.85. The van der Waals surface area contributed by atoms with Gasteiger partial charge in [0.15, 0.2) is 0 Å². The minimum Gasteiger partial charge on any atom is -0.425 e. The summed E-state index contributed by atoms with van der Waals surface area (Å²) in [5, 5.41) is 2.79. The van der Waals surface area contributed by atoms with E-state index in [1.54, 1.807) is 0 Å². The molecule has 1 rings (SSSR count). The molecule has 0 aliphatic carbocycles. The van der Waals surface area contributed by atoms with Crippen molar-refractivity contribution >= 4 is 22.0 Å². The molecule has 30 heavy (non-hydrogen) atoms. The second-order valence-corrected chi connectivity index (χ2v) is 9.02. The Kier molecular flexibility index (Phi) is 12.3. The molecular weight excluding hydrogens is 406 g/mol. The lowest BCUT2D eigenvalue weighted by Gasteiger charge is -2.17. The SMILES string of the molecule is CCCCCCCCC(=O)NC(CCCC)C(=O)Oc1ccc(CS(=O)(=O)O)cc1. The molecule has 0 spiro atoms. The molecule has 1 aromatic carbocycles. The fourth-order valence-corrected chi connectivity index (χ4v) is 3.65. The zero-order valence-electron chi connectivity index (χ0n) is 18.1. The Hall–Kier alpha value is -1.93. The van der Waals surface area contributed by atoms with Gasteiger partial charge in [-0.25, -0.2) is 4.79 Å². The summed E-state index contributed by atoms with van der Waals surface area (Å²) < 4.78 is 36.1. The molecule has 1 unspecified atom stereocenters. The Morgan fingerprint density at radius 1 is 0.967 bits per heavy atom. The van der Waals surface area contributed by atoms with E-state index >= 15 is 0 Å². The molecule has 0 aromatic heterocycles. The Morgan fingerprint density at radius 3 is 2.17 bits per heavy atom. The first-order valence-electron chi connectivity index (χ1n) is 10.8. The summed E-state index contributed by atoms with van der Waals surface area (Å²) in [5.41, 5.74) is 0.382. The molecule has 0 heterocycles. The average molecular weight is 442 g/mol. The van der Waals surface area contributed by atoms with E-state index in [-0.39, 0.29) is 11.7 Å². The van der Waals surface area contributed by atoms with Gasteiger partial charge in [0.05, 0.1) is 0 Å². The largest absolute Gasteiger partial charge is 0.425 e. The third kappa shape index (κ3) is 11.9. The van der Waals surface area contributed by atoms with Gasteiger partial charge in [-0.1, -0.05) is 70.9 Å². The number of hydrogen-bond acceptors (Lipinski definition) is 5. The van der Waals surface area contributed by atoms with Gasteiger partial charge in [-0.05, 0) is 30.5 Å². The minimum atomic E-state index is -4.12. The Labute approximate surface area is 180 Å². The van der Waals surface area contributed by atoms with E-state index in [0.29, 0.717) is 18.4 Å². The lowest BCUT2D eigenvalue weighted by Crippen LogP contribution is -2.43. The average Bonchev–Trinajstić information content (AvgIpc) is 2.68. The number of esters is 1. The predicted molar refractivity (Wildman–Crippen MR) is 117 cm³/mol. The van der Waals surface area contributed by atoms with E-state index in [2.05, 4.69) is 12.2 Å². The molecule has 2 N–H and O–H groups in total. The highest BCUT2D eigenvalue weighted by atomic mass is 32.2. The Balaban J connectivity index is 2.56. The van der Waals surface area contributed by atoms with Gasteiger partial charge >= 0.3 is 5.97 Å². The number of unbranched alkanes of at least 4 members (excludes halogenated alkanes) is 6. The van der Waals surface area contributed by atoms with E-state index in [1.165, 1.54) is 43.5 Å². The first-order chi connectivity index (χ1) is 14.2. The topological polar surface area (TPSA) is 110 Å². The summed E-state index contributed by atoms with van der Waals surface area (Å²) in [6.45, 7) is 4.17. The summed E-state index contributed by atoms with van der Waals surface area (Å²) >= 11 is 0. The van der Waals surface area contributed by atoms with Crippen LogP contribution in [0, 0.1) is 0 Å². The van der Waals surface area contributed by atoms with Crippen molar-refractivity contribution in [2.75, 3.05) is 0 Å². The number of hydrogen-bond donors (Lipinski definition) is 2. The highest BCUT2D eigenvalue weighted by Gasteiger charge is 2.22. The van der Waals surface area contributed by atoms with Gasteiger partial charge in [-0.2, -0.15) is 8.42 Å². The molecule has 0 radical (unpaired) electrons. The molecule has 0 saturated carbocycles. The van der Waals surface area contributed by atoms with Crippen molar-refractivity contribution in [1.82, 2.24) is 5.32 Å². The molecule has 8 heteroatoms. The second kappa shape index (κ2) is 14.1. The molecule has 7 nitrogen and oxygen atoms in total. The van der Waals surface area contributed by atoms with Crippen molar-refractivity contribution in [2.45, 2.75) is 89.9 Å². The second-order valence-electron chi connectivity index (χ2n) is 7.57. The van der Waals surface area contributed by atoms with Crippen molar-refractivity contribution < 1.29 is 27.3 Å². The first kappa shape index (κ1) is 26.1. The molecule has 1 aromatic rings. The van der Waals surface area contributed by atoms with Crippen LogP contribution in [0.15, 0.2) is 24.3 Å². The molecule has 1 atom stereocenters. The quantitative estimate of drug-likeness (QED) is 0.181. The van der Waals surface area contributed by atoms with Crippen LogP contribution in [0.2, 0.25) is 0 Å². The smallest absolute Gasteiger partial charge is 0.334 e. The maximum absolute atomic E-state index is 12.5. The van der Waals surface area contributed by atoms with Crippen LogP contribution >= 0.6 is 0 Å². The highest BCUT2D eigenvalue weighted by Crippen LogP contribution is 2.16. The third-order valence-corrected chi connectivity index (χ3v) is 5.41. The summed E-state index contributed by atoms with van der Waals surface area (Å²) in [6, 6.07) is 5.15. The van der Waals surface area contributed by atoms with Crippen LogP contribution in [-0.4, -0.2) is 30.9 Å². The maximum Gasteiger partial charge on any atom is 0.334 e. The van der Waals surface area contributed by atoms with E-state index in [9.17, 15) is 18.0 Å². The van der Waals surface area contributed by atoms with Crippen molar-refractivity contribution in [3.63, 3.8) is 0 Å². The molecule has 0 saturated heterocycles. The maximum atomic E-state index is 12.5. The van der Waals surface area contributed by atoms with Crippen molar-refractivity contribution in [1.29, 1.82) is 0 Å². The molecule has 0 fully saturated rings. The lowest BCUT2D eigenvalue weighted by molar-refractivity contribution is -0.139. The number of amides is 1. The van der Waals surface area contributed by atoms with Crippen LogP contribution in [0.4, 0.5) is 0 Å². The summed E-state index contributed by atoms with van der Waals surface area (Å²) in [5.74, 6) is -0.936. The van der Waals surface area contributed by atoms with Crippen LogP contribution in [-0.2, 0) is 25.5 Å². The van der Waals surface area contributed by atoms with E-state index in [4.69, 9.17) is 9.29 Å². The number of benzene rings is 1. The zero-order chi connectivity index (χ0) is 22.4. The number of carbonyl (C=O) groups excluding carboxylic acids is 2. The summed E-state index contributed by atoms with van der Waals surface area (Å²) in [6.07, 6.45) is 9.09. The number of carbonyl (C=O) groups is 2. The minimum absolute atomic E-state index is 0.146. The van der Waals surface area contributed by atoms with Crippen LogP contribution in [0.3, 0.4) is 0 Å². The fraction of sp³-hybridized carbons (Fsp3) is 0.636. The monoisotopic (exact) mass is 441 g/mol. The fourth-order valence-electron chi connectivity index (χ4n) is 3.04. The van der Waals surface area contributed by atoms with E-state index < -0.39 is 27.9 Å². The van der Waals surface area contributed by atoms with E-state index in [1.807, 2.05) is 6.92 Å². The normalized spacial score (nSPS) is 12.4. The van der Waals surface area contributed by atoms with Gasteiger partial charge in [-0.3, -0.25) is 9.35 Å². The van der Waals surface area contributed by atoms with Gasteiger partial charge in [-0.15, -0.1) is 0 Å². The number of ether oxygens (including phenoxy) is 1. The van der Waals surface area contributed by atoms with Crippen molar-refractivity contribution in [3.8, 4) is 5.75 Å². The third-order valence-electron chi connectivity index (χ3n) is 4.71. The number of nitrogens with one attached hydrogen (secondary N) is 1. The van der Waals surface area contributed by atoms with Crippen LogP contribution < -0.4 is 10.1 Å². The first-order valence-corrected chi connectivity index (χ1v) is 12.4. The zero-order valence-corrected chi connectivity index (χ0v) is 18.9. The molecule has 170 valence electrons. The summed E-state index contributed by atoms with van der Waals surface area (Å²) in [4.78, 5) is 24.8. The van der Waals surface area contributed by atoms with Crippen molar-refractivity contribution in [3.05, 3.63) is 29.8 Å². The molecule has 1 amide bonds. The molecule has 0 aliphatic rings. The van der Waals surface area contributed by atoms with E-state index in [0.717, 1.165) is 32.1 Å². The molecule has 0 bridgehead atoms. The standard InChI is InChI=1S/C22H35NO6S/c1-3-5-7-8-9-10-12-21(24)23-20(11-6-4-2)22(25)29-19-15-13-18(14-16-19)17-30(26,27)28/h13-16,20H,3-12,17H2,1-2H3,(H,23,24)(H,26,27,28). The molecular formula is C22H35NO6S. The Morgan fingerprint density at radius 2 is 1.57 bits per heavy atom. The van der Waals surface area contributed by atoms with Crippen LogP contribution in [0.25, 0.3) is 0 Å². The molecule has 0 aliphatic heterocycles. The summed E-state index contributed by atoms with van der Waals surface area (Å²) in [7, 11) is -4.12. The predicted octanol–water partition coefficient (Wildman–Crippen LogP) is 4.41. The van der Waals surface area contributed by atoms with Gasteiger partial charge < -0.3 is 10.1 Å². The van der Waals surface area contributed by atoms with Crippen LogP contribution in [0.5, 0.6) is 5.75 Å². The Bertz CT molecular complexity index is 745. The lowest BCUT2D eigenvalue weighted by atomic mass is 10.1. The van der Waals surface area contributed by atoms with Gasteiger partial charge in [0.2, 0.25) is 5.91 Å². The van der Waals surface area contributed by atoms with Crippen LogP contribution in [0.1, 0.15) is 83.6 Å².